The molecule has 2 amide bonds. The van der Waals surface area contributed by atoms with Crippen LogP contribution in [0, 0.1) is 12.7 Å². The van der Waals surface area contributed by atoms with E-state index < -0.39 is 0 Å². The molecule has 0 bridgehead atoms. The molecule has 6 heteroatoms. The molecule has 1 aliphatic heterocycles. The van der Waals surface area contributed by atoms with Crippen LogP contribution >= 0.6 is 0 Å². The van der Waals surface area contributed by atoms with Crippen molar-refractivity contribution in [3.8, 4) is 0 Å². The van der Waals surface area contributed by atoms with Crippen LogP contribution < -0.4 is 5.32 Å². The predicted molar refractivity (Wildman–Crippen MR) is 115 cm³/mol. The molecule has 4 rings (SSSR count). The van der Waals surface area contributed by atoms with Gasteiger partial charge in [0.15, 0.2) is 0 Å². The molecule has 0 aliphatic carbocycles. The van der Waals surface area contributed by atoms with Gasteiger partial charge in [0.1, 0.15) is 11.6 Å². The quantitative estimate of drug-likeness (QED) is 0.657. The number of urea groups is 1. The first kappa shape index (κ1) is 20.1. The molecule has 1 aliphatic rings. The molecule has 2 aromatic carbocycles. The average molecular weight is 407 g/mol. The zero-order chi connectivity index (χ0) is 20.9. The van der Waals surface area contributed by atoms with E-state index in [-0.39, 0.29) is 17.9 Å². The third kappa shape index (κ3) is 4.53. The maximum Gasteiger partial charge on any atom is 0.318 e. The molecule has 0 spiro atoms. The van der Waals surface area contributed by atoms with Crippen molar-refractivity contribution in [3.05, 3.63) is 89.3 Å². The molecule has 1 N–H and O–H groups in total. The Bertz CT molecular complexity index is 984. The van der Waals surface area contributed by atoms with Crippen molar-refractivity contribution in [2.24, 2.45) is 0 Å². The van der Waals surface area contributed by atoms with Crippen molar-refractivity contribution in [1.82, 2.24) is 19.8 Å². The fraction of sp³-hybridized carbons (Fsp3) is 0.333. The molecule has 2 heterocycles. The smallest absolute Gasteiger partial charge is 0.318 e. The highest BCUT2D eigenvalue weighted by atomic mass is 19.1. The summed E-state index contributed by atoms with van der Waals surface area (Å²) in [5.41, 5.74) is 3.25. The minimum absolute atomic E-state index is 0.0394. The Kier molecular flexibility index (Phi) is 6.12. The van der Waals surface area contributed by atoms with Crippen molar-refractivity contribution < 1.29 is 9.18 Å². The maximum atomic E-state index is 13.2. The minimum Gasteiger partial charge on any atom is -0.338 e. The Hall–Kier alpha value is -3.15. The zero-order valence-electron chi connectivity index (χ0n) is 17.2. The number of nitrogens with one attached hydrogen (secondary N) is 1. The third-order valence-electron chi connectivity index (χ3n) is 5.68. The van der Waals surface area contributed by atoms with Gasteiger partial charge in [0.05, 0.1) is 6.04 Å². The molecule has 30 heavy (non-hydrogen) atoms. The SMILES string of the molecule is Cc1cnc(C2CCCN2C(=O)NCCc2ccccc2)n1Cc1ccc(F)cc1. The minimum atomic E-state index is -0.240. The number of hydrogen-bond donors (Lipinski definition) is 1. The van der Waals surface area contributed by atoms with Crippen molar-refractivity contribution in [1.29, 1.82) is 0 Å². The second-order valence-corrected chi connectivity index (χ2v) is 7.79. The summed E-state index contributed by atoms with van der Waals surface area (Å²) >= 11 is 0. The Morgan fingerprint density at radius 1 is 1.13 bits per heavy atom. The first-order chi connectivity index (χ1) is 14.6. The topological polar surface area (TPSA) is 50.2 Å². The monoisotopic (exact) mass is 406 g/mol. The van der Waals surface area contributed by atoms with Gasteiger partial charge in [-0.05, 0) is 49.4 Å². The molecule has 1 atom stereocenters. The van der Waals surface area contributed by atoms with E-state index in [1.54, 1.807) is 12.1 Å². The summed E-state index contributed by atoms with van der Waals surface area (Å²) in [6.07, 6.45) is 4.51. The van der Waals surface area contributed by atoms with Gasteiger partial charge in [-0.3, -0.25) is 0 Å². The molecule has 1 saturated heterocycles. The van der Waals surface area contributed by atoms with Gasteiger partial charge in [0.2, 0.25) is 0 Å². The molecule has 1 fully saturated rings. The number of aryl methyl sites for hydroxylation is 1. The largest absolute Gasteiger partial charge is 0.338 e. The van der Waals surface area contributed by atoms with Crippen LogP contribution in [0.4, 0.5) is 9.18 Å². The van der Waals surface area contributed by atoms with Crippen LogP contribution in [0.25, 0.3) is 0 Å². The second-order valence-electron chi connectivity index (χ2n) is 7.79. The number of likely N-dealkylation sites (tertiary alicyclic amines) is 1. The van der Waals surface area contributed by atoms with Gasteiger partial charge in [0, 0.05) is 31.5 Å². The number of nitrogens with zero attached hydrogens (tertiary/aromatic N) is 3. The van der Waals surface area contributed by atoms with E-state index in [1.165, 1.54) is 17.7 Å². The summed E-state index contributed by atoms with van der Waals surface area (Å²) in [6.45, 7) is 3.96. The molecule has 0 saturated carbocycles. The van der Waals surface area contributed by atoms with E-state index in [9.17, 15) is 9.18 Å². The standard InChI is InChI=1S/C24H27FN4O/c1-18-16-27-23(29(18)17-20-9-11-21(25)12-10-20)22-8-5-15-28(22)24(30)26-14-13-19-6-3-2-4-7-19/h2-4,6-7,9-12,16,22H,5,8,13-15,17H2,1H3,(H,26,30). The molecular weight excluding hydrogens is 379 g/mol. The number of imidazole rings is 1. The molecule has 1 aromatic heterocycles. The summed E-state index contributed by atoms with van der Waals surface area (Å²) in [5.74, 6) is 0.656. The van der Waals surface area contributed by atoms with E-state index in [0.29, 0.717) is 13.1 Å². The summed E-state index contributed by atoms with van der Waals surface area (Å²) in [6, 6.07) is 16.6. The van der Waals surface area contributed by atoms with Crippen molar-refractivity contribution in [3.63, 3.8) is 0 Å². The van der Waals surface area contributed by atoms with Gasteiger partial charge < -0.3 is 14.8 Å². The lowest BCUT2D eigenvalue weighted by molar-refractivity contribution is 0.190. The van der Waals surface area contributed by atoms with E-state index in [1.807, 2.05) is 36.2 Å². The molecule has 0 radical (unpaired) electrons. The van der Waals surface area contributed by atoms with E-state index in [0.717, 1.165) is 42.9 Å². The fourth-order valence-corrected chi connectivity index (χ4v) is 4.06. The lowest BCUT2D eigenvalue weighted by Crippen LogP contribution is -2.41. The van der Waals surface area contributed by atoms with Crippen LogP contribution in [0.1, 0.15) is 41.5 Å². The van der Waals surface area contributed by atoms with Crippen molar-refractivity contribution in [2.75, 3.05) is 13.1 Å². The van der Waals surface area contributed by atoms with Gasteiger partial charge in [-0.1, -0.05) is 42.5 Å². The molecular formula is C24H27FN4O. The number of hydrogen-bond acceptors (Lipinski definition) is 2. The summed E-state index contributed by atoms with van der Waals surface area (Å²) < 4.78 is 15.4. The first-order valence-electron chi connectivity index (χ1n) is 10.5. The highest BCUT2D eigenvalue weighted by Gasteiger charge is 2.33. The summed E-state index contributed by atoms with van der Waals surface area (Å²) in [5, 5.41) is 3.06. The molecule has 156 valence electrons. The summed E-state index contributed by atoms with van der Waals surface area (Å²) in [4.78, 5) is 19.4. The Morgan fingerprint density at radius 2 is 1.90 bits per heavy atom. The normalized spacial score (nSPS) is 16.1. The Balaban J connectivity index is 1.44. The van der Waals surface area contributed by atoms with E-state index >= 15 is 0 Å². The maximum absolute atomic E-state index is 13.2. The number of carbonyl (C=O) groups is 1. The third-order valence-corrected chi connectivity index (χ3v) is 5.68. The van der Waals surface area contributed by atoms with Crippen LogP contribution in [0.3, 0.4) is 0 Å². The van der Waals surface area contributed by atoms with Gasteiger partial charge in [-0.25, -0.2) is 14.2 Å². The highest BCUT2D eigenvalue weighted by Crippen LogP contribution is 2.32. The van der Waals surface area contributed by atoms with Crippen LogP contribution in [-0.2, 0) is 13.0 Å². The Labute approximate surface area is 176 Å². The number of benzene rings is 2. The molecule has 3 aromatic rings. The Morgan fingerprint density at radius 3 is 2.67 bits per heavy atom. The fourth-order valence-electron chi connectivity index (χ4n) is 4.06. The van der Waals surface area contributed by atoms with Crippen LogP contribution in [0.15, 0.2) is 60.8 Å². The highest BCUT2D eigenvalue weighted by molar-refractivity contribution is 5.75. The summed E-state index contributed by atoms with van der Waals surface area (Å²) in [7, 11) is 0. The number of carbonyl (C=O) groups excluding carboxylic acids is 1. The second kappa shape index (κ2) is 9.11. The van der Waals surface area contributed by atoms with Gasteiger partial charge >= 0.3 is 6.03 Å². The number of aromatic nitrogens is 2. The zero-order valence-corrected chi connectivity index (χ0v) is 17.2. The lowest BCUT2D eigenvalue weighted by atomic mass is 10.1. The average Bonchev–Trinajstić information content (AvgIpc) is 3.37. The lowest BCUT2D eigenvalue weighted by Gasteiger charge is -2.25. The van der Waals surface area contributed by atoms with E-state index in [4.69, 9.17) is 0 Å². The molecule has 5 nitrogen and oxygen atoms in total. The van der Waals surface area contributed by atoms with Crippen molar-refractivity contribution >= 4 is 6.03 Å². The van der Waals surface area contributed by atoms with Crippen LogP contribution in [0.2, 0.25) is 0 Å². The predicted octanol–water partition coefficient (Wildman–Crippen LogP) is 4.47. The first-order valence-corrected chi connectivity index (χ1v) is 10.5. The van der Waals surface area contributed by atoms with Crippen LogP contribution in [0.5, 0.6) is 0 Å². The van der Waals surface area contributed by atoms with Crippen molar-refractivity contribution in [2.45, 2.75) is 38.8 Å². The number of amides is 2. The van der Waals surface area contributed by atoms with Gasteiger partial charge in [-0.15, -0.1) is 0 Å². The van der Waals surface area contributed by atoms with Crippen LogP contribution in [-0.4, -0.2) is 33.6 Å². The van der Waals surface area contributed by atoms with Gasteiger partial charge in [0.25, 0.3) is 0 Å². The molecule has 1 unspecified atom stereocenters. The van der Waals surface area contributed by atoms with Gasteiger partial charge in [-0.2, -0.15) is 0 Å². The number of rotatable bonds is 6. The van der Waals surface area contributed by atoms with E-state index in [2.05, 4.69) is 27.0 Å². The number of halogens is 1.